The Kier molecular flexibility index (Phi) is 6.53. The fraction of sp³-hybridized carbons (Fsp3) is 0.440. The van der Waals surface area contributed by atoms with Crippen LogP contribution in [0.2, 0.25) is 0 Å². The summed E-state index contributed by atoms with van der Waals surface area (Å²) in [5.74, 6) is 0.0825. The van der Waals surface area contributed by atoms with Crippen molar-refractivity contribution in [2.45, 2.75) is 64.0 Å². The average Bonchev–Trinajstić information content (AvgIpc) is 3.11. The summed E-state index contributed by atoms with van der Waals surface area (Å²) in [6, 6.07) is 10.3. The largest absolute Gasteiger partial charge is 0.336 e. The van der Waals surface area contributed by atoms with E-state index in [2.05, 4.69) is 24.1 Å². The van der Waals surface area contributed by atoms with Crippen LogP contribution in [0.25, 0.3) is 0 Å². The third kappa shape index (κ3) is 4.52. The van der Waals surface area contributed by atoms with Crippen molar-refractivity contribution in [2.24, 2.45) is 0 Å². The SMILES string of the molecule is CC(C)c1ccc(N2C(=O)N[C@@H](CCC(=O)N3CCCC[C@H]3c3cccnc3)C2=O)cc1. The van der Waals surface area contributed by atoms with Crippen molar-refractivity contribution in [1.82, 2.24) is 15.2 Å². The molecule has 7 heteroatoms. The normalized spacial score (nSPS) is 21.2. The van der Waals surface area contributed by atoms with Crippen LogP contribution in [-0.2, 0) is 9.59 Å². The van der Waals surface area contributed by atoms with Crippen molar-refractivity contribution in [3.05, 3.63) is 59.9 Å². The van der Waals surface area contributed by atoms with E-state index in [1.165, 1.54) is 4.90 Å². The minimum absolute atomic E-state index is 0.0142. The number of nitrogens with zero attached hydrogens (tertiary/aromatic N) is 3. The Balaban J connectivity index is 1.39. The molecule has 0 spiro atoms. The molecule has 4 rings (SSSR count). The van der Waals surface area contributed by atoms with Crippen LogP contribution in [0.3, 0.4) is 0 Å². The van der Waals surface area contributed by atoms with Gasteiger partial charge in [-0.25, -0.2) is 9.69 Å². The molecule has 32 heavy (non-hydrogen) atoms. The molecule has 0 unspecified atom stereocenters. The van der Waals surface area contributed by atoms with Crippen LogP contribution >= 0.6 is 0 Å². The molecule has 2 atom stereocenters. The maximum atomic E-state index is 13.0. The van der Waals surface area contributed by atoms with Gasteiger partial charge in [0.05, 0.1) is 11.7 Å². The molecule has 1 aromatic heterocycles. The first-order chi connectivity index (χ1) is 15.5. The van der Waals surface area contributed by atoms with Gasteiger partial charge in [0, 0.05) is 25.4 Å². The minimum Gasteiger partial charge on any atom is -0.336 e. The number of imide groups is 1. The van der Waals surface area contributed by atoms with Crippen LogP contribution < -0.4 is 10.2 Å². The van der Waals surface area contributed by atoms with E-state index in [0.717, 1.165) is 30.4 Å². The number of likely N-dealkylation sites (tertiary alicyclic amines) is 1. The number of nitrogens with one attached hydrogen (secondary N) is 1. The van der Waals surface area contributed by atoms with Crippen molar-refractivity contribution in [3.63, 3.8) is 0 Å². The van der Waals surface area contributed by atoms with Gasteiger partial charge in [-0.3, -0.25) is 14.6 Å². The molecule has 0 bridgehead atoms. The molecule has 0 saturated carbocycles. The van der Waals surface area contributed by atoms with Crippen molar-refractivity contribution >= 4 is 23.5 Å². The standard InChI is InChI=1S/C25H30N4O3/c1-17(2)18-8-10-20(11-9-18)29-24(31)21(27-25(29)32)12-13-23(30)28-15-4-3-7-22(28)19-6-5-14-26-16-19/h5-6,8-11,14,16-17,21-22H,3-4,7,12-13,15H2,1-2H3,(H,27,32)/t21-,22-/m0/s1. The van der Waals surface area contributed by atoms with E-state index in [0.29, 0.717) is 24.6 Å². The number of pyridine rings is 1. The highest BCUT2D eigenvalue weighted by Gasteiger charge is 2.39. The molecular formula is C25H30N4O3. The van der Waals surface area contributed by atoms with Gasteiger partial charge in [-0.05, 0) is 60.9 Å². The van der Waals surface area contributed by atoms with Gasteiger partial charge in [0.1, 0.15) is 6.04 Å². The van der Waals surface area contributed by atoms with E-state index in [4.69, 9.17) is 0 Å². The number of hydrogen-bond donors (Lipinski definition) is 1. The number of urea groups is 1. The maximum absolute atomic E-state index is 13.0. The van der Waals surface area contributed by atoms with E-state index in [1.54, 1.807) is 18.3 Å². The van der Waals surface area contributed by atoms with Crippen molar-refractivity contribution < 1.29 is 14.4 Å². The van der Waals surface area contributed by atoms with Crippen LogP contribution in [-0.4, -0.2) is 40.3 Å². The lowest BCUT2D eigenvalue weighted by Gasteiger charge is -2.36. The number of aromatic nitrogens is 1. The molecule has 2 saturated heterocycles. The van der Waals surface area contributed by atoms with Crippen LogP contribution in [0.5, 0.6) is 0 Å². The van der Waals surface area contributed by atoms with Crippen LogP contribution in [0.4, 0.5) is 10.5 Å². The molecule has 3 heterocycles. The van der Waals surface area contributed by atoms with Gasteiger partial charge in [0.15, 0.2) is 0 Å². The van der Waals surface area contributed by atoms with Gasteiger partial charge in [-0.2, -0.15) is 0 Å². The lowest BCUT2D eigenvalue weighted by molar-refractivity contribution is -0.135. The molecule has 2 aromatic rings. The zero-order valence-corrected chi connectivity index (χ0v) is 18.7. The Bertz CT molecular complexity index is 974. The highest BCUT2D eigenvalue weighted by molar-refractivity contribution is 6.21. The number of rotatable bonds is 6. The highest BCUT2D eigenvalue weighted by Crippen LogP contribution is 2.31. The van der Waals surface area contributed by atoms with Crippen molar-refractivity contribution in [2.75, 3.05) is 11.4 Å². The lowest BCUT2D eigenvalue weighted by Crippen LogP contribution is -2.39. The Hall–Kier alpha value is -3.22. The number of anilines is 1. The molecule has 2 fully saturated rings. The van der Waals surface area contributed by atoms with Crippen LogP contribution in [0.1, 0.15) is 69.0 Å². The first-order valence-electron chi connectivity index (χ1n) is 11.4. The van der Waals surface area contributed by atoms with Gasteiger partial charge in [-0.15, -0.1) is 0 Å². The molecule has 4 amide bonds. The Morgan fingerprint density at radius 1 is 1.16 bits per heavy atom. The second kappa shape index (κ2) is 9.51. The Morgan fingerprint density at radius 3 is 2.62 bits per heavy atom. The summed E-state index contributed by atoms with van der Waals surface area (Å²) < 4.78 is 0. The van der Waals surface area contributed by atoms with Gasteiger partial charge in [-0.1, -0.05) is 32.0 Å². The summed E-state index contributed by atoms with van der Waals surface area (Å²) in [4.78, 5) is 45.7. The summed E-state index contributed by atoms with van der Waals surface area (Å²) in [7, 11) is 0. The molecule has 1 aromatic carbocycles. The molecular weight excluding hydrogens is 404 g/mol. The van der Waals surface area contributed by atoms with Crippen LogP contribution in [0, 0.1) is 0 Å². The van der Waals surface area contributed by atoms with Gasteiger partial charge < -0.3 is 10.2 Å². The zero-order chi connectivity index (χ0) is 22.7. The second-order valence-electron chi connectivity index (χ2n) is 8.85. The molecule has 1 N–H and O–H groups in total. The maximum Gasteiger partial charge on any atom is 0.329 e. The summed E-state index contributed by atoms with van der Waals surface area (Å²) in [6.07, 6.45) is 7.02. The van der Waals surface area contributed by atoms with Gasteiger partial charge in [0.25, 0.3) is 5.91 Å². The van der Waals surface area contributed by atoms with Crippen molar-refractivity contribution in [1.29, 1.82) is 0 Å². The smallest absolute Gasteiger partial charge is 0.329 e. The predicted octanol–water partition coefficient (Wildman–Crippen LogP) is 4.16. The minimum atomic E-state index is -0.683. The molecule has 0 aliphatic carbocycles. The zero-order valence-electron chi connectivity index (χ0n) is 18.7. The number of carbonyl (C=O) groups is 3. The molecule has 7 nitrogen and oxygen atoms in total. The molecule has 2 aliphatic rings. The summed E-state index contributed by atoms with van der Waals surface area (Å²) in [5.41, 5.74) is 2.74. The first-order valence-corrected chi connectivity index (χ1v) is 11.4. The topological polar surface area (TPSA) is 82.6 Å². The Labute approximate surface area is 188 Å². The number of amides is 4. The molecule has 0 radical (unpaired) electrons. The summed E-state index contributed by atoms with van der Waals surface area (Å²) in [5, 5.41) is 2.75. The quantitative estimate of drug-likeness (QED) is 0.692. The molecule has 168 valence electrons. The summed E-state index contributed by atoms with van der Waals surface area (Å²) >= 11 is 0. The van der Waals surface area contributed by atoms with Crippen molar-refractivity contribution in [3.8, 4) is 0 Å². The fourth-order valence-electron chi connectivity index (χ4n) is 4.54. The van der Waals surface area contributed by atoms with Gasteiger partial charge in [0.2, 0.25) is 5.91 Å². The third-order valence-electron chi connectivity index (χ3n) is 6.38. The highest BCUT2D eigenvalue weighted by atomic mass is 16.2. The number of carbonyl (C=O) groups excluding carboxylic acids is 3. The van der Waals surface area contributed by atoms with E-state index >= 15 is 0 Å². The van der Waals surface area contributed by atoms with Gasteiger partial charge >= 0.3 is 6.03 Å². The number of benzene rings is 1. The second-order valence-corrected chi connectivity index (χ2v) is 8.85. The average molecular weight is 435 g/mol. The van der Waals surface area contributed by atoms with E-state index in [9.17, 15) is 14.4 Å². The first kappa shape index (κ1) is 22.0. The van der Waals surface area contributed by atoms with Crippen LogP contribution in [0.15, 0.2) is 48.8 Å². The summed E-state index contributed by atoms with van der Waals surface area (Å²) in [6.45, 7) is 4.89. The molecule has 2 aliphatic heterocycles. The number of hydrogen-bond acceptors (Lipinski definition) is 4. The van der Waals surface area contributed by atoms with E-state index < -0.39 is 12.1 Å². The number of piperidine rings is 1. The lowest BCUT2D eigenvalue weighted by atomic mass is 9.95. The van der Waals surface area contributed by atoms with E-state index in [1.807, 2.05) is 35.4 Å². The predicted molar refractivity (Wildman–Crippen MR) is 122 cm³/mol. The Morgan fingerprint density at radius 2 is 1.94 bits per heavy atom. The third-order valence-corrected chi connectivity index (χ3v) is 6.38. The monoisotopic (exact) mass is 434 g/mol. The van der Waals surface area contributed by atoms with E-state index in [-0.39, 0.29) is 24.3 Å². The fourth-order valence-corrected chi connectivity index (χ4v) is 4.54.